The molecule has 2 N–H and O–H groups in total. The molecule has 3 rings (SSSR count). The van der Waals surface area contributed by atoms with Gasteiger partial charge in [-0.25, -0.2) is 4.98 Å². The normalized spacial score (nSPS) is 11.9. The molecule has 0 saturated carbocycles. The van der Waals surface area contributed by atoms with E-state index in [4.69, 9.17) is 0 Å². The highest BCUT2D eigenvalue weighted by Crippen LogP contribution is 2.32. The number of aryl methyl sites for hydroxylation is 1. The van der Waals surface area contributed by atoms with Gasteiger partial charge in [-0.15, -0.1) is 11.3 Å². The van der Waals surface area contributed by atoms with Crippen LogP contribution in [0.2, 0.25) is 0 Å². The van der Waals surface area contributed by atoms with Crippen LogP contribution in [0.1, 0.15) is 42.7 Å². The predicted octanol–water partition coefficient (Wildman–Crippen LogP) is 5.21. The predicted molar refractivity (Wildman–Crippen MR) is 111 cm³/mol. The van der Waals surface area contributed by atoms with Crippen LogP contribution in [-0.4, -0.2) is 16.0 Å². The Labute approximate surface area is 163 Å². The topological polar surface area (TPSA) is 62.2 Å². The van der Waals surface area contributed by atoms with E-state index in [1.165, 1.54) is 16.2 Å². The summed E-state index contributed by atoms with van der Waals surface area (Å²) in [5, 5.41) is 13.7. The van der Waals surface area contributed by atoms with Crippen LogP contribution in [0.25, 0.3) is 11.3 Å². The summed E-state index contributed by atoms with van der Waals surface area (Å²) in [6.45, 7) is 2.14. The van der Waals surface area contributed by atoms with Crippen LogP contribution in [0.3, 0.4) is 0 Å². The van der Waals surface area contributed by atoms with Crippen LogP contribution in [0, 0.1) is 0 Å². The average molecular weight is 381 g/mol. The molecule has 1 atom stereocenters. The molecule has 0 bridgehead atoms. The van der Waals surface area contributed by atoms with Gasteiger partial charge in [-0.3, -0.25) is 4.79 Å². The Morgan fingerprint density at radius 2 is 1.78 bits per heavy atom. The number of amides is 1. The van der Waals surface area contributed by atoms with Crippen molar-refractivity contribution < 1.29 is 9.90 Å². The van der Waals surface area contributed by atoms with Gasteiger partial charge in [0.1, 0.15) is 0 Å². The van der Waals surface area contributed by atoms with Gasteiger partial charge in [0.05, 0.1) is 11.8 Å². The summed E-state index contributed by atoms with van der Waals surface area (Å²) >= 11 is 1.53. The van der Waals surface area contributed by atoms with Crippen molar-refractivity contribution >= 4 is 22.4 Å². The number of carbonyl (C=O) groups excluding carboxylic acids is 1. The number of nitrogens with zero attached hydrogens (tertiary/aromatic N) is 1. The standard InChI is InChI=1S/C22H24N2O2S/c1-2-9-19-21(17-12-7-4-8-13-17)24-22(27-19)23-20(26)15-14-18(25)16-10-5-3-6-11-16/h3-8,10-13,18,25H,2,9,14-15H2,1H3,(H,23,24,26)/t18-/m0/s1. The third-order valence-electron chi connectivity index (χ3n) is 4.30. The fourth-order valence-electron chi connectivity index (χ4n) is 2.91. The average Bonchev–Trinajstić information content (AvgIpc) is 3.10. The Kier molecular flexibility index (Phi) is 6.74. The maximum absolute atomic E-state index is 12.3. The number of nitrogens with one attached hydrogen (secondary N) is 1. The largest absolute Gasteiger partial charge is 0.388 e. The van der Waals surface area contributed by atoms with Crippen LogP contribution in [-0.2, 0) is 11.2 Å². The number of aromatic nitrogens is 1. The van der Waals surface area contributed by atoms with Gasteiger partial charge in [0.15, 0.2) is 5.13 Å². The molecule has 3 aromatic rings. The van der Waals surface area contributed by atoms with Crippen LogP contribution < -0.4 is 5.32 Å². The lowest BCUT2D eigenvalue weighted by Gasteiger charge is -2.10. The molecule has 0 radical (unpaired) electrons. The summed E-state index contributed by atoms with van der Waals surface area (Å²) in [7, 11) is 0. The Balaban J connectivity index is 1.64. The molecule has 0 saturated heterocycles. The third kappa shape index (κ3) is 5.25. The zero-order valence-electron chi connectivity index (χ0n) is 15.4. The molecule has 27 heavy (non-hydrogen) atoms. The van der Waals surface area contributed by atoms with Crippen molar-refractivity contribution in [3.63, 3.8) is 0 Å². The van der Waals surface area contributed by atoms with E-state index < -0.39 is 6.10 Å². The molecule has 140 valence electrons. The summed E-state index contributed by atoms with van der Waals surface area (Å²) in [5.74, 6) is -0.124. The number of anilines is 1. The van der Waals surface area contributed by atoms with E-state index in [0.717, 1.165) is 29.7 Å². The fourth-order valence-corrected chi connectivity index (χ4v) is 4.02. The van der Waals surface area contributed by atoms with E-state index in [-0.39, 0.29) is 12.3 Å². The lowest BCUT2D eigenvalue weighted by Crippen LogP contribution is -2.12. The van der Waals surface area contributed by atoms with Gasteiger partial charge in [0.2, 0.25) is 5.91 Å². The van der Waals surface area contributed by atoms with Crippen LogP contribution in [0.15, 0.2) is 60.7 Å². The molecule has 1 amide bonds. The van der Waals surface area contributed by atoms with Crippen molar-refractivity contribution in [2.45, 2.75) is 38.7 Å². The van der Waals surface area contributed by atoms with Crippen molar-refractivity contribution in [1.29, 1.82) is 0 Å². The van der Waals surface area contributed by atoms with Gasteiger partial charge >= 0.3 is 0 Å². The molecular weight excluding hydrogens is 356 g/mol. The monoisotopic (exact) mass is 380 g/mol. The number of thiazole rings is 1. The lowest BCUT2D eigenvalue weighted by atomic mass is 10.1. The first-order chi connectivity index (χ1) is 13.2. The van der Waals surface area contributed by atoms with Gasteiger partial charge in [-0.05, 0) is 18.4 Å². The van der Waals surface area contributed by atoms with E-state index in [9.17, 15) is 9.90 Å². The Morgan fingerprint density at radius 1 is 1.11 bits per heavy atom. The van der Waals surface area contributed by atoms with Gasteiger partial charge in [0, 0.05) is 16.9 Å². The first-order valence-electron chi connectivity index (χ1n) is 9.25. The first kappa shape index (κ1) is 19.3. The van der Waals surface area contributed by atoms with Crippen molar-refractivity contribution in [2.75, 3.05) is 5.32 Å². The summed E-state index contributed by atoms with van der Waals surface area (Å²) < 4.78 is 0. The number of hydrogen-bond donors (Lipinski definition) is 2. The third-order valence-corrected chi connectivity index (χ3v) is 5.33. The fraction of sp³-hybridized carbons (Fsp3) is 0.273. The lowest BCUT2D eigenvalue weighted by molar-refractivity contribution is -0.116. The van der Waals surface area contributed by atoms with Crippen molar-refractivity contribution in [3.05, 3.63) is 71.1 Å². The quantitative estimate of drug-likeness (QED) is 0.563. The second-order valence-electron chi connectivity index (χ2n) is 6.42. The minimum atomic E-state index is -0.635. The Morgan fingerprint density at radius 3 is 2.44 bits per heavy atom. The zero-order valence-corrected chi connectivity index (χ0v) is 16.2. The number of benzene rings is 2. The van der Waals surface area contributed by atoms with Crippen molar-refractivity contribution in [3.8, 4) is 11.3 Å². The van der Waals surface area contributed by atoms with E-state index in [2.05, 4.69) is 17.2 Å². The van der Waals surface area contributed by atoms with Gasteiger partial charge in [-0.2, -0.15) is 0 Å². The molecule has 0 aliphatic heterocycles. The van der Waals surface area contributed by atoms with E-state index in [0.29, 0.717) is 11.6 Å². The van der Waals surface area contributed by atoms with Gasteiger partial charge in [0.25, 0.3) is 0 Å². The minimum Gasteiger partial charge on any atom is -0.388 e. The second kappa shape index (κ2) is 9.44. The molecule has 2 aromatic carbocycles. The summed E-state index contributed by atoms with van der Waals surface area (Å²) in [6, 6.07) is 19.5. The summed E-state index contributed by atoms with van der Waals surface area (Å²) in [4.78, 5) is 18.1. The smallest absolute Gasteiger partial charge is 0.226 e. The molecule has 5 heteroatoms. The molecule has 0 spiro atoms. The SMILES string of the molecule is CCCc1sc(NC(=O)CC[C@H](O)c2ccccc2)nc1-c1ccccc1. The maximum Gasteiger partial charge on any atom is 0.226 e. The summed E-state index contributed by atoms with van der Waals surface area (Å²) in [5.41, 5.74) is 2.84. The highest BCUT2D eigenvalue weighted by Gasteiger charge is 2.15. The van der Waals surface area contributed by atoms with Gasteiger partial charge < -0.3 is 10.4 Å². The Hall–Kier alpha value is -2.50. The molecule has 1 aromatic heterocycles. The number of hydrogen-bond acceptors (Lipinski definition) is 4. The van der Waals surface area contributed by atoms with Gasteiger partial charge in [-0.1, -0.05) is 74.0 Å². The zero-order chi connectivity index (χ0) is 19.1. The first-order valence-corrected chi connectivity index (χ1v) is 10.1. The minimum absolute atomic E-state index is 0.124. The number of carbonyl (C=O) groups is 1. The molecular formula is C22H24N2O2S. The van der Waals surface area contributed by atoms with E-state index in [1.807, 2.05) is 60.7 Å². The van der Waals surface area contributed by atoms with E-state index >= 15 is 0 Å². The molecule has 4 nitrogen and oxygen atoms in total. The van der Waals surface area contributed by atoms with Crippen molar-refractivity contribution in [1.82, 2.24) is 4.98 Å². The highest BCUT2D eigenvalue weighted by atomic mass is 32.1. The molecule has 0 unspecified atom stereocenters. The molecule has 0 aliphatic rings. The molecule has 1 heterocycles. The number of rotatable bonds is 8. The number of aliphatic hydroxyl groups is 1. The highest BCUT2D eigenvalue weighted by molar-refractivity contribution is 7.16. The second-order valence-corrected chi connectivity index (χ2v) is 7.50. The number of aliphatic hydroxyl groups excluding tert-OH is 1. The van der Waals surface area contributed by atoms with Crippen LogP contribution in [0.4, 0.5) is 5.13 Å². The maximum atomic E-state index is 12.3. The molecule has 0 fully saturated rings. The van der Waals surface area contributed by atoms with Crippen molar-refractivity contribution in [2.24, 2.45) is 0 Å². The molecule has 0 aliphatic carbocycles. The Bertz CT molecular complexity index is 863. The van der Waals surface area contributed by atoms with E-state index in [1.54, 1.807) is 0 Å². The van der Waals surface area contributed by atoms with Crippen LogP contribution >= 0.6 is 11.3 Å². The van der Waals surface area contributed by atoms with Crippen LogP contribution in [0.5, 0.6) is 0 Å². The summed E-state index contributed by atoms with van der Waals surface area (Å²) in [6.07, 6.45) is 1.96.